The average Bonchev–Trinajstić information content (AvgIpc) is 3.09. The van der Waals surface area contributed by atoms with Gasteiger partial charge in [-0.25, -0.2) is 4.39 Å². The van der Waals surface area contributed by atoms with Crippen molar-refractivity contribution in [2.45, 2.75) is 32.9 Å². The van der Waals surface area contributed by atoms with E-state index in [0.29, 0.717) is 24.5 Å². The predicted molar refractivity (Wildman–Crippen MR) is 104 cm³/mol. The van der Waals surface area contributed by atoms with E-state index < -0.39 is 0 Å². The number of hydrogen-bond acceptors (Lipinski definition) is 3. The van der Waals surface area contributed by atoms with Gasteiger partial charge in [0.25, 0.3) is 0 Å². The second kappa shape index (κ2) is 8.53. The Morgan fingerprint density at radius 3 is 2.70 bits per heavy atom. The van der Waals surface area contributed by atoms with Crippen molar-refractivity contribution >= 4 is 23.2 Å². The van der Waals surface area contributed by atoms with Gasteiger partial charge < -0.3 is 9.74 Å². The molecular weight excluding hydrogens is 367 g/mol. The first-order valence-corrected chi connectivity index (χ1v) is 9.32. The Labute approximate surface area is 163 Å². The van der Waals surface area contributed by atoms with Crippen molar-refractivity contribution in [3.05, 3.63) is 70.5 Å². The zero-order valence-electron chi connectivity index (χ0n) is 15.4. The number of halogens is 2. The average molecular weight is 389 g/mol. The van der Waals surface area contributed by atoms with Gasteiger partial charge in [0, 0.05) is 23.9 Å². The Kier molecular flexibility index (Phi) is 6.11. The highest BCUT2D eigenvalue weighted by Gasteiger charge is 2.27. The number of nitrogens with zero attached hydrogens (tertiary/aromatic N) is 2. The molecule has 4 nitrogen and oxygen atoms in total. The molecule has 1 atom stereocenters. The molecule has 0 aliphatic carbocycles. The van der Waals surface area contributed by atoms with E-state index in [1.807, 2.05) is 44.2 Å². The highest BCUT2D eigenvalue weighted by Crippen LogP contribution is 2.21. The van der Waals surface area contributed by atoms with Crippen molar-refractivity contribution < 1.29 is 14.0 Å². The van der Waals surface area contributed by atoms with E-state index in [2.05, 4.69) is 5.16 Å². The van der Waals surface area contributed by atoms with Crippen LogP contribution < -0.4 is 0 Å². The molecule has 2 aromatic rings. The lowest BCUT2D eigenvalue weighted by atomic mass is 10.0. The van der Waals surface area contributed by atoms with E-state index in [0.717, 1.165) is 16.8 Å². The third kappa shape index (κ3) is 5.07. The monoisotopic (exact) mass is 388 g/mol. The quantitative estimate of drug-likeness (QED) is 0.722. The highest BCUT2D eigenvalue weighted by molar-refractivity contribution is 6.30. The van der Waals surface area contributed by atoms with Gasteiger partial charge in [0.2, 0.25) is 5.91 Å². The minimum Gasteiger partial charge on any atom is -0.390 e. The minimum atomic E-state index is -0.310. The molecule has 6 heteroatoms. The number of rotatable bonds is 6. The topological polar surface area (TPSA) is 41.9 Å². The summed E-state index contributed by atoms with van der Waals surface area (Å²) < 4.78 is 13.5. The van der Waals surface area contributed by atoms with E-state index in [9.17, 15) is 9.18 Å². The van der Waals surface area contributed by atoms with Crippen LogP contribution in [0.3, 0.4) is 0 Å². The van der Waals surface area contributed by atoms with Crippen LogP contribution >= 0.6 is 11.6 Å². The second-order valence-corrected chi connectivity index (χ2v) is 7.42. The normalized spacial score (nSPS) is 16.2. The van der Waals surface area contributed by atoms with Gasteiger partial charge in [-0.2, -0.15) is 0 Å². The lowest BCUT2D eigenvalue weighted by Gasteiger charge is -2.26. The highest BCUT2D eigenvalue weighted by atomic mass is 35.5. The Balaban J connectivity index is 1.68. The Morgan fingerprint density at radius 2 is 2.04 bits per heavy atom. The van der Waals surface area contributed by atoms with Gasteiger partial charge in [0.1, 0.15) is 5.82 Å². The summed E-state index contributed by atoms with van der Waals surface area (Å²) in [6.45, 7) is 4.44. The summed E-state index contributed by atoms with van der Waals surface area (Å²) in [5.74, 6) is -0.464. The zero-order chi connectivity index (χ0) is 19.4. The van der Waals surface area contributed by atoms with Crippen LogP contribution in [-0.2, 0) is 16.2 Å². The van der Waals surface area contributed by atoms with Gasteiger partial charge in [-0.1, -0.05) is 54.9 Å². The molecule has 0 spiro atoms. The maximum Gasteiger partial charge on any atom is 0.225 e. The van der Waals surface area contributed by atoms with E-state index in [4.69, 9.17) is 16.4 Å². The number of benzene rings is 2. The second-order valence-electron chi connectivity index (χ2n) is 6.98. The van der Waals surface area contributed by atoms with Gasteiger partial charge >= 0.3 is 0 Å². The molecule has 0 aromatic heterocycles. The van der Waals surface area contributed by atoms with Crippen LogP contribution in [0.5, 0.6) is 0 Å². The summed E-state index contributed by atoms with van der Waals surface area (Å²) in [5, 5.41) is 4.84. The number of amides is 1. The molecule has 142 valence electrons. The fraction of sp³-hybridized carbons (Fsp3) is 0.333. The fourth-order valence-corrected chi connectivity index (χ4v) is 3.16. The molecule has 2 aromatic carbocycles. The molecule has 1 aliphatic heterocycles. The molecule has 27 heavy (non-hydrogen) atoms. The summed E-state index contributed by atoms with van der Waals surface area (Å²) in [6, 6.07) is 13.7. The van der Waals surface area contributed by atoms with E-state index >= 15 is 0 Å². The minimum absolute atomic E-state index is 0.00260. The van der Waals surface area contributed by atoms with Crippen molar-refractivity contribution in [3.8, 4) is 0 Å². The van der Waals surface area contributed by atoms with Crippen molar-refractivity contribution in [2.24, 2.45) is 11.1 Å². The number of hydrogen-bond donors (Lipinski definition) is 0. The van der Waals surface area contributed by atoms with Crippen LogP contribution in [0, 0.1) is 11.7 Å². The molecule has 0 fully saturated rings. The van der Waals surface area contributed by atoms with Gasteiger partial charge in [0.15, 0.2) is 6.10 Å². The largest absolute Gasteiger partial charge is 0.390 e. The number of carbonyl (C=O) groups is 1. The van der Waals surface area contributed by atoms with Crippen LogP contribution in [0.15, 0.2) is 53.7 Å². The van der Waals surface area contributed by atoms with Gasteiger partial charge in [-0.3, -0.25) is 4.79 Å². The van der Waals surface area contributed by atoms with Crippen molar-refractivity contribution in [2.75, 3.05) is 6.54 Å². The van der Waals surface area contributed by atoms with Gasteiger partial charge in [-0.05, 0) is 35.4 Å². The predicted octanol–water partition coefficient (Wildman–Crippen LogP) is 4.66. The van der Waals surface area contributed by atoms with Gasteiger partial charge in [0.05, 0.1) is 12.3 Å². The number of oxime groups is 1. The van der Waals surface area contributed by atoms with E-state index in [1.165, 1.54) is 12.1 Å². The standard InChI is InChI=1S/C21H22ClFN2O2/c1-14(2)21(26)25(12-15-4-3-5-18(23)10-15)13-19-11-20(24-27-19)16-6-8-17(22)9-7-16/h3-10,14,19H,11-13H2,1-2H3/t19-/m1/s1. The first kappa shape index (κ1) is 19.4. The Bertz CT molecular complexity index is 836. The summed E-state index contributed by atoms with van der Waals surface area (Å²) in [5.41, 5.74) is 2.54. The van der Waals surface area contributed by atoms with Crippen LogP contribution in [0.25, 0.3) is 0 Å². The lowest BCUT2D eigenvalue weighted by molar-refractivity contribution is -0.137. The van der Waals surface area contributed by atoms with Crippen molar-refractivity contribution in [3.63, 3.8) is 0 Å². The summed E-state index contributed by atoms with van der Waals surface area (Å²) in [7, 11) is 0. The summed E-state index contributed by atoms with van der Waals surface area (Å²) in [4.78, 5) is 19.9. The Morgan fingerprint density at radius 1 is 1.30 bits per heavy atom. The molecule has 3 rings (SSSR count). The molecule has 0 unspecified atom stereocenters. The van der Waals surface area contributed by atoms with E-state index in [-0.39, 0.29) is 23.7 Å². The molecule has 1 aliphatic rings. The SMILES string of the molecule is CC(C)C(=O)N(Cc1cccc(F)c1)C[C@H]1CC(c2ccc(Cl)cc2)=NO1. The molecule has 1 amide bonds. The summed E-state index contributed by atoms with van der Waals surface area (Å²) >= 11 is 5.93. The lowest BCUT2D eigenvalue weighted by Crippen LogP contribution is -2.39. The third-order valence-corrected chi connectivity index (χ3v) is 4.65. The maximum atomic E-state index is 13.5. The molecule has 0 radical (unpaired) electrons. The molecule has 0 bridgehead atoms. The molecule has 0 N–H and O–H groups in total. The van der Waals surface area contributed by atoms with Crippen LogP contribution in [0.2, 0.25) is 5.02 Å². The zero-order valence-corrected chi connectivity index (χ0v) is 16.1. The van der Waals surface area contributed by atoms with E-state index in [1.54, 1.807) is 11.0 Å². The smallest absolute Gasteiger partial charge is 0.225 e. The molecular formula is C21H22ClFN2O2. The first-order valence-electron chi connectivity index (χ1n) is 8.94. The third-order valence-electron chi connectivity index (χ3n) is 4.40. The van der Waals surface area contributed by atoms with Crippen molar-refractivity contribution in [1.82, 2.24) is 4.90 Å². The first-order chi connectivity index (χ1) is 12.9. The van der Waals surface area contributed by atoms with Crippen LogP contribution in [0.4, 0.5) is 4.39 Å². The maximum absolute atomic E-state index is 13.5. The van der Waals surface area contributed by atoms with Gasteiger partial charge in [-0.15, -0.1) is 0 Å². The Hall–Kier alpha value is -2.40. The fourth-order valence-electron chi connectivity index (χ4n) is 3.04. The van der Waals surface area contributed by atoms with Crippen molar-refractivity contribution in [1.29, 1.82) is 0 Å². The van der Waals surface area contributed by atoms with Crippen LogP contribution in [0.1, 0.15) is 31.4 Å². The molecule has 0 saturated heterocycles. The molecule has 0 saturated carbocycles. The number of carbonyl (C=O) groups excluding carboxylic acids is 1. The van der Waals surface area contributed by atoms with Crippen LogP contribution in [-0.4, -0.2) is 29.2 Å². The summed E-state index contributed by atoms with van der Waals surface area (Å²) in [6.07, 6.45) is 0.374. The molecule has 1 heterocycles.